The number of oxime groups is 1. The highest BCUT2D eigenvalue weighted by molar-refractivity contribution is 6.30. The van der Waals surface area contributed by atoms with Crippen LogP contribution in [0.3, 0.4) is 0 Å². The number of rotatable bonds is 6. The van der Waals surface area contributed by atoms with E-state index in [0.29, 0.717) is 17.3 Å². The van der Waals surface area contributed by atoms with E-state index < -0.39 is 12.2 Å². The normalized spacial score (nSPS) is 13.2. The molecule has 0 N–H and O–H groups in total. The van der Waals surface area contributed by atoms with Crippen LogP contribution in [-0.2, 0) is 14.4 Å². The second-order valence-electron chi connectivity index (χ2n) is 4.36. The molecule has 1 aromatic carbocycles. The number of ether oxygens (including phenoxy) is 1. The molecule has 1 rings (SSSR count). The van der Waals surface area contributed by atoms with E-state index >= 15 is 0 Å². The average molecular weight is 299 g/mol. The summed E-state index contributed by atoms with van der Waals surface area (Å²) in [6.07, 6.45) is -0.864. The molecule has 0 heterocycles. The topological polar surface area (TPSA) is 51.1 Å². The first-order valence-corrected chi connectivity index (χ1v) is 6.63. The first-order valence-electron chi connectivity index (χ1n) is 6.25. The summed E-state index contributed by atoms with van der Waals surface area (Å²) in [7, 11) is 3.43. The molecule has 0 fully saturated rings. The van der Waals surface area contributed by atoms with Crippen LogP contribution in [0.25, 0.3) is 0 Å². The number of hydrogen-bond acceptors (Lipinski definition) is 5. The van der Waals surface area contributed by atoms with Crippen molar-refractivity contribution in [1.29, 1.82) is 0 Å². The summed E-state index contributed by atoms with van der Waals surface area (Å²) < 4.78 is 4.93. The SMILES string of the molecule is CCOC(=O)C(O/N=C(\C)c1ccc(Cl)cc1)N(C)C. The fourth-order valence-corrected chi connectivity index (χ4v) is 1.56. The van der Waals surface area contributed by atoms with Gasteiger partial charge in [0, 0.05) is 5.02 Å². The third kappa shape index (κ3) is 4.83. The van der Waals surface area contributed by atoms with Gasteiger partial charge >= 0.3 is 5.97 Å². The molecule has 0 aliphatic carbocycles. The van der Waals surface area contributed by atoms with E-state index in [1.54, 1.807) is 45.0 Å². The minimum atomic E-state index is -0.864. The van der Waals surface area contributed by atoms with Gasteiger partial charge in [-0.2, -0.15) is 0 Å². The number of benzene rings is 1. The van der Waals surface area contributed by atoms with Crippen LogP contribution in [-0.4, -0.2) is 43.5 Å². The monoisotopic (exact) mass is 298 g/mol. The van der Waals surface area contributed by atoms with Crippen molar-refractivity contribution >= 4 is 23.3 Å². The molecule has 0 aliphatic heterocycles. The number of carbonyl (C=O) groups excluding carboxylic acids is 1. The first kappa shape index (κ1) is 16.5. The molecule has 0 radical (unpaired) electrons. The van der Waals surface area contributed by atoms with Crippen molar-refractivity contribution in [3.05, 3.63) is 34.9 Å². The standard InChI is InChI=1S/C14H19ClN2O3/c1-5-19-14(18)13(17(3)4)20-16-10(2)11-6-8-12(15)9-7-11/h6-9,13H,5H2,1-4H3/b16-10+. The van der Waals surface area contributed by atoms with Gasteiger partial charge in [-0.05, 0) is 45.6 Å². The zero-order valence-corrected chi connectivity index (χ0v) is 12.8. The van der Waals surface area contributed by atoms with Gasteiger partial charge in [0.1, 0.15) is 0 Å². The van der Waals surface area contributed by atoms with E-state index in [2.05, 4.69) is 5.16 Å². The van der Waals surface area contributed by atoms with Gasteiger partial charge in [-0.3, -0.25) is 4.90 Å². The van der Waals surface area contributed by atoms with Gasteiger partial charge in [0.15, 0.2) is 0 Å². The van der Waals surface area contributed by atoms with Gasteiger partial charge in [-0.1, -0.05) is 28.9 Å². The quantitative estimate of drug-likeness (QED) is 0.350. The highest BCUT2D eigenvalue weighted by Crippen LogP contribution is 2.11. The Labute approximate surface area is 124 Å². The van der Waals surface area contributed by atoms with Gasteiger partial charge in [0.25, 0.3) is 6.23 Å². The number of carbonyl (C=O) groups is 1. The van der Waals surface area contributed by atoms with Gasteiger partial charge in [-0.15, -0.1) is 0 Å². The van der Waals surface area contributed by atoms with Crippen molar-refractivity contribution in [2.45, 2.75) is 20.1 Å². The molecule has 110 valence electrons. The van der Waals surface area contributed by atoms with Crippen LogP contribution in [0.2, 0.25) is 5.02 Å². The molecule has 0 aromatic heterocycles. The average Bonchev–Trinajstić information content (AvgIpc) is 2.39. The lowest BCUT2D eigenvalue weighted by Gasteiger charge is -2.20. The van der Waals surface area contributed by atoms with Crippen molar-refractivity contribution in [3.8, 4) is 0 Å². The minimum absolute atomic E-state index is 0.298. The predicted octanol–water partition coefficient (Wildman–Crippen LogP) is 2.53. The van der Waals surface area contributed by atoms with Gasteiger partial charge < -0.3 is 9.57 Å². The number of esters is 1. The summed E-state index contributed by atoms with van der Waals surface area (Å²) in [4.78, 5) is 18.6. The van der Waals surface area contributed by atoms with Gasteiger partial charge in [0.05, 0.1) is 12.3 Å². The third-order valence-electron chi connectivity index (χ3n) is 2.51. The van der Waals surface area contributed by atoms with Crippen molar-refractivity contribution in [2.24, 2.45) is 5.16 Å². The molecule has 1 unspecified atom stereocenters. The highest BCUT2D eigenvalue weighted by atomic mass is 35.5. The van der Waals surface area contributed by atoms with Crippen LogP contribution >= 0.6 is 11.6 Å². The van der Waals surface area contributed by atoms with Crippen LogP contribution < -0.4 is 0 Å². The molecule has 0 bridgehead atoms. The summed E-state index contributed by atoms with van der Waals surface area (Å²) in [5, 5.41) is 4.63. The van der Waals surface area contributed by atoms with Crippen LogP contribution in [0.1, 0.15) is 19.4 Å². The molecule has 0 spiro atoms. The summed E-state index contributed by atoms with van der Waals surface area (Å²) in [5.74, 6) is -0.467. The van der Waals surface area contributed by atoms with E-state index in [9.17, 15) is 4.79 Å². The lowest BCUT2D eigenvalue weighted by Crippen LogP contribution is -2.38. The summed E-state index contributed by atoms with van der Waals surface area (Å²) >= 11 is 5.82. The molecule has 1 atom stereocenters. The predicted molar refractivity (Wildman–Crippen MR) is 78.9 cm³/mol. The van der Waals surface area contributed by atoms with E-state index in [1.807, 2.05) is 12.1 Å². The molecule has 1 aromatic rings. The van der Waals surface area contributed by atoms with Crippen LogP contribution in [0.15, 0.2) is 29.4 Å². The number of nitrogens with zero attached hydrogens (tertiary/aromatic N) is 2. The van der Waals surface area contributed by atoms with Crippen molar-refractivity contribution in [3.63, 3.8) is 0 Å². The Morgan fingerprint density at radius 3 is 2.45 bits per heavy atom. The van der Waals surface area contributed by atoms with E-state index in [1.165, 1.54) is 0 Å². The Hall–Kier alpha value is -1.59. The number of likely N-dealkylation sites (N-methyl/N-ethyl adjacent to an activating group) is 1. The lowest BCUT2D eigenvalue weighted by atomic mass is 10.1. The van der Waals surface area contributed by atoms with E-state index in [-0.39, 0.29) is 0 Å². The largest absolute Gasteiger partial charge is 0.462 e. The molecular formula is C14H19ClN2O3. The number of halogens is 1. The lowest BCUT2D eigenvalue weighted by molar-refractivity contribution is -0.167. The maximum atomic E-state index is 11.7. The fraction of sp³-hybridized carbons (Fsp3) is 0.429. The first-order chi connectivity index (χ1) is 9.45. The second kappa shape index (κ2) is 7.87. The van der Waals surface area contributed by atoms with Crippen molar-refractivity contribution in [2.75, 3.05) is 20.7 Å². The Morgan fingerprint density at radius 2 is 1.95 bits per heavy atom. The molecular weight excluding hydrogens is 280 g/mol. The summed E-state index contributed by atoms with van der Waals surface area (Å²) in [6, 6.07) is 7.20. The van der Waals surface area contributed by atoms with E-state index in [0.717, 1.165) is 5.56 Å². The Bertz CT molecular complexity index is 472. The maximum absolute atomic E-state index is 11.7. The Morgan fingerprint density at radius 1 is 1.35 bits per heavy atom. The van der Waals surface area contributed by atoms with Crippen LogP contribution in [0.4, 0.5) is 0 Å². The molecule has 6 heteroatoms. The Kier molecular flexibility index (Phi) is 6.48. The fourth-order valence-electron chi connectivity index (χ4n) is 1.43. The molecule has 0 saturated heterocycles. The molecule has 20 heavy (non-hydrogen) atoms. The van der Waals surface area contributed by atoms with Crippen molar-refractivity contribution in [1.82, 2.24) is 4.90 Å². The van der Waals surface area contributed by atoms with Crippen molar-refractivity contribution < 1.29 is 14.4 Å². The molecule has 5 nitrogen and oxygen atoms in total. The second-order valence-corrected chi connectivity index (χ2v) is 4.79. The zero-order valence-electron chi connectivity index (χ0n) is 12.1. The molecule has 0 amide bonds. The minimum Gasteiger partial charge on any atom is -0.462 e. The zero-order chi connectivity index (χ0) is 15.1. The van der Waals surface area contributed by atoms with Crippen LogP contribution in [0, 0.1) is 0 Å². The molecule has 0 aliphatic rings. The van der Waals surface area contributed by atoms with Gasteiger partial charge in [0.2, 0.25) is 0 Å². The summed E-state index contributed by atoms with van der Waals surface area (Å²) in [5.41, 5.74) is 1.52. The van der Waals surface area contributed by atoms with Crippen LogP contribution in [0.5, 0.6) is 0 Å². The summed E-state index contributed by atoms with van der Waals surface area (Å²) in [6.45, 7) is 3.83. The highest BCUT2D eigenvalue weighted by Gasteiger charge is 2.24. The molecule has 0 saturated carbocycles. The third-order valence-corrected chi connectivity index (χ3v) is 2.76. The van der Waals surface area contributed by atoms with E-state index in [4.69, 9.17) is 21.2 Å². The Balaban J connectivity index is 2.76. The maximum Gasteiger partial charge on any atom is 0.366 e. The smallest absolute Gasteiger partial charge is 0.366 e. The number of hydrogen-bond donors (Lipinski definition) is 0. The van der Waals surface area contributed by atoms with Gasteiger partial charge in [-0.25, -0.2) is 4.79 Å².